The van der Waals surface area contributed by atoms with Crippen LogP contribution in [0.2, 0.25) is 0 Å². The summed E-state index contributed by atoms with van der Waals surface area (Å²) < 4.78 is 23.5. The van der Waals surface area contributed by atoms with E-state index in [0.29, 0.717) is 12.8 Å². The third-order valence-corrected chi connectivity index (χ3v) is 5.62. The average Bonchev–Trinajstić information content (AvgIpc) is 2.27. The Morgan fingerprint density at radius 3 is 2.44 bits per heavy atom. The van der Waals surface area contributed by atoms with E-state index >= 15 is 0 Å². The van der Waals surface area contributed by atoms with Gasteiger partial charge in [-0.25, -0.2) is 13.2 Å². The molecule has 1 heterocycles. The Kier molecular flexibility index (Phi) is 4.37. The first-order valence-electron chi connectivity index (χ1n) is 6.00. The van der Waals surface area contributed by atoms with E-state index in [1.165, 1.54) is 6.92 Å². The third kappa shape index (κ3) is 3.01. The minimum Gasteiger partial charge on any atom is -0.480 e. The zero-order chi connectivity index (χ0) is 14.0. The molecule has 1 fully saturated rings. The normalized spacial score (nSPS) is 26.0. The van der Waals surface area contributed by atoms with Crippen LogP contribution in [0, 0.1) is 0 Å². The molecule has 0 radical (unpaired) electrons. The Labute approximate surface area is 107 Å². The first-order valence-corrected chi connectivity index (χ1v) is 7.71. The van der Waals surface area contributed by atoms with Gasteiger partial charge in [0.1, 0.15) is 10.8 Å². The van der Waals surface area contributed by atoms with Gasteiger partial charge in [-0.05, 0) is 26.2 Å². The van der Waals surface area contributed by atoms with Crippen LogP contribution in [0.15, 0.2) is 0 Å². The van der Waals surface area contributed by atoms with Crippen molar-refractivity contribution < 1.29 is 23.1 Å². The molecule has 6 nitrogen and oxygen atoms in total. The van der Waals surface area contributed by atoms with Crippen LogP contribution in [0.1, 0.15) is 39.5 Å². The van der Waals surface area contributed by atoms with Crippen molar-refractivity contribution in [3.8, 4) is 0 Å². The van der Waals surface area contributed by atoms with Crippen molar-refractivity contribution in [1.29, 1.82) is 0 Å². The average molecular weight is 277 g/mol. The summed E-state index contributed by atoms with van der Waals surface area (Å²) in [6.07, 6.45) is 1.71. The molecule has 0 saturated carbocycles. The Morgan fingerprint density at radius 2 is 2.00 bits per heavy atom. The van der Waals surface area contributed by atoms with E-state index in [1.807, 2.05) is 0 Å². The van der Waals surface area contributed by atoms with Crippen LogP contribution < -0.4 is 5.32 Å². The smallest absolute Gasteiger partial charge is 0.329 e. The molecule has 104 valence electrons. The molecule has 0 aromatic carbocycles. The maximum Gasteiger partial charge on any atom is 0.329 e. The quantitative estimate of drug-likeness (QED) is 0.771. The number of aliphatic carboxylic acids is 1. The van der Waals surface area contributed by atoms with Gasteiger partial charge >= 0.3 is 5.97 Å². The lowest BCUT2D eigenvalue weighted by atomic mass is 9.98. The molecule has 0 aromatic rings. The molecule has 2 atom stereocenters. The molecule has 2 N–H and O–H groups in total. The number of nitrogens with one attached hydrogen (secondary N) is 1. The van der Waals surface area contributed by atoms with Gasteiger partial charge in [-0.2, -0.15) is 0 Å². The fourth-order valence-corrected chi connectivity index (χ4v) is 3.70. The molecule has 1 rings (SSSR count). The zero-order valence-corrected chi connectivity index (χ0v) is 11.4. The summed E-state index contributed by atoms with van der Waals surface area (Å²) in [7, 11) is -3.43. The number of amides is 1. The molecule has 1 saturated heterocycles. The number of carbonyl (C=O) groups is 2. The van der Waals surface area contributed by atoms with Crippen LogP contribution in [-0.2, 0) is 19.4 Å². The number of sulfone groups is 1. The zero-order valence-electron chi connectivity index (χ0n) is 10.6. The predicted molar refractivity (Wildman–Crippen MR) is 65.9 cm³/mol. The highest BCUT2D eigenvalue weighted by Gasteiger charge is 2.40. The van der Waals surface area contributed by atoms with Crippen LogP contribution >= 0.6 is 0 Å². The first-order chi connectivity index (χ1) is 8.23. The van der Waals surface area contributed by atoms with Crippen LogP contribution in [-0.4, -0.2) is 41.9 Å². The molecule has 18 heavy (non-hydrogen) atoms. The van der Waals surface area contributed by atoms with Gasteiger partial charge in [-0.15, -0.1) is 0 Å². The monoisotopic (exact) mass is 277 g/mol. The molecule has 0 bridgehead atoms. The van der Waals surface area contributed by atoms with Crippen LogP contribution in [0.3, 0.4) is 0 Å². The maximum atomic E-state index is 11.9. The topological polar surface area (TPSA) is 101 Å². The largest absolute Gasteiger partial charge is 0.480 e. The Bertz CT molecular complexity index is 444. The molecular weight excluding hydrogens is 258 g/mol. The van der Waals surface area contributed by atoms with Crippen molar-refractivity contribution in [2.24, 2.45) is 0 Å². The van der Waals surface area contributed by atoms with Crippen molar-refractivity contribution in [1.82, 2.24) is 5.32 Å². The number of carboxylic acids is 1. The summed E-state index contributed by atoms with van der Waals surface area (Å²) in [5, 5.41) is 10.3. The van der Waals surface area contributed by atoms with Crippen molar-refractivity contribution in [2.75, 3.05) is 5.75 Å². The second kappa shape index (κ2) is 5.26. The molecule has 1 aliphatic rings. The molecule has 0 aromatic heterocycles. The van der Waals surface area contributed by atoms with Gasteiger partial charge < -0.3 is 10.4 Å². The molecule has 1 amide bonds. The summed E-state index contributed by atoms with van der Waals surface area (Å²) in [4.78, 5) is 23.0. The summed E-state index contributed by atoms with van der Waals surface area (Å²) in [6, 6.07) is 0. The number of carboxylic acid groups (broad SMARTS) is 1. The molecule has 0 spiro atoms. The highest BCUT2D eigenvalue weighted by atomic mass is 32.2. The molecule has 0 aliphatic carbocycles. The van der Waals surface area contributed by atoms with E-state index < -0.39 is 32.5 Å². The maximum absolute atomic E-state index is 11.9. The lowest BCUT2D eigenvalue weighted by Gasteiger charge is -2.28. The summed E-state index contributed by atoms with van der Waals surface area (Å²) in [6.45, 7) is 3.01. The second-order valence-electron chi connectivity index (χ2n) is 4.83. The van der Waals surface area contributed by atoms with Gasteiger partial charge in [0.05, 0.1) is 5.75 Å². The number of rotatable bonds is 4. The van der Waals surface area contributed by atoms with E-state index in [0.717, 1.165) is 0 Å². The first kappa shape index (κ1) is 14.9. The lowest BCUT2D eigenvalue weighted by molar-refractivity contribution is -0.147. The minimum atomic E-state index is -3.43. The van der Waals surface area contributed by atoms with Crippen LogP contribution in [0.25, 0.3) is 0 Å². The molecule has 2 unspecified atom stereocenters. The lowest BCUT2D eigenvalue weighted by Crippen LogP contribution is -2.56. The van der Waals surface area contributed by atoms with Gasteiger partial charge in [0.25, 0.3) is 0 Å². The van der Waals surface area contributed by atoms with E-state index in [-0.39, 0.29) is 18.6 Å². The standard InChI is InChI=1S/C11H19NO5S/c1-3-11(2,10(14)15)12-9(13)8-6-4-5-7-18(8,16)17/h8H,3-7H2,1-2H3,(H,12,13)(H,14,15). The van der Waals surface area contributed by atoms with Gasteiger partial charge in [0.15, 0.2) is 9.84 Å². The highest BCUT2D eigenvalue weighted by Crippen LogP contribution is 2.21. The Hall–Kier alpha value is -1.11. The molecular formula is C11H19NO5S. The summed E-state index contributed by atoms with van der Waals surface area (Å²) >= 11 is 0. The Balaban J connectivity index is 2.85. The van der Waals surface area contributed by atoms with Crippen molar-refractivity contribution >= 4 is 21.7 Å². The highest BCUT2D eigenvalue weighted by molar-refractivity contribution is 7.92. The van der Waals surface area contributed by atoms with Crippen LogP contribution in [0.4, 0.5) is 0 Å². The van der Waals surface area contributed by atoms with Crippen molar-refractivity contribution in [3.63, 3.8) is 0 Å². The van der Waals surface area contributed by atoms with E-state index in [1.54, 1.807) is 6.92 Å². The molecule has 7 heteroatoms. The minimum absolute atomic E-state index is 0.000989. The Morgan fingerprint density at radius 1 is 1.39 bits per heavy atom. The van der Waals surface area contributed by atoms with Crippen molar-refractivity contribution in [3.05, 3.63) is 0 Å². The SMILES string of the molecule is CCC(C)(NC(=O)C1CCCCS1(=O)=O)C(=O)O. The summed E-state index contributed by atoms with van der Waals surface area (Å²) in [5.74, 6) is -1.85. The van der Waals surface area contributed by atoms with E-state index in [4.69, 9.17) is 5.11 Å². The van der Waals surface area contributed by atoms with Crippen LogP contribution in [0.5, 0.6) is 0 Å². The van der Waals surface area contributed by atoms with Gasteiger partial charge in [0, 0.05) is 0 Å². The van der Waals surface area contributed by atoms with Crippen molar-refractivity contribution in [2.45, 2.75) is 50.3 Å². The fourth-order valence-electron chi connectivity index (χ4n) is 1.89. The number of hydrogen-bond donors (Lipinski definition) is 2. The number of hydrogen-bond acceptors (Lipinski definition) is 4. The van der Waals surface area contributed by atoms with Gasteiger partial charge in [0.2, 0.25) is 5.91 Å². The van der Waals surface area contributed by atoms with Gasteiger partial charge in [-0.1, -0.05) is 13.3 Å². The summed E-state index contributed by atoms with van der Waals surface area (Å²) in [5.41, 5.74) is -1.41. The van der Waals surface area contributed by atoms with Gasteiger partial charge in [-0.3, -0.25) is 4.79 Å². The predicted octanol–water partition coefficient (Wildman–Crippen LogP) is 0.323. The second-order valence-corrected chi connectivity index (χ2v) is 7.13. The third-order valence-electron chi connectivity index (χ3n) is 3.45. The molecule has 1 aliphatic heterocycles. The van der Waals surface area contributed by atoms with E-state index in [2.05, 4.69) is 5.32 Å². The van der Waals surface area contributed by atoms with E-state index in [9.17, 15) is 18.0 Å². The number of carbonyl (C=O) groups excluding carboxylic acids is 1. The fraction of sp³-hybridized carbons (Fsp3) is 0.818.